The third-order valence-corrected chi connectivity index (χ3v) is 3.42. The number of hydrogen-bond donors (Lipinski definition) is 3. The number of carbonyl (C=O) groups excluding carboxylic acids is 2. The van der Waals surface area contributed by atoms with Crippen molar-refractivity contribution in [3.63, 3.8) is 0 Å². The molecule has 1 aromatic rings. The van der Waals surface area contributed by atoms with Crippen LogP contribution in [0.1, 0.15) is 17.5 Å². The minimum absolute atomic E-state index is 0.190. The highest BCUT2D eigenvalue weighted by Gasteiger charge is 2.18. The van der Waals surface area contributed by atoms with Gasteiger partial charge in [-0.3, -0.25) is 14.5 Å². The maximum atomic E-state index is 11.9. The minimum atomic E-state index is -0.592. The molecule has 7 nitrogen and oxygen atoms in total. The summed E-state index contributed by atoms with van der Waals surface area (Å²) in [7, 11) is 0. The van der Waals surface area contributed by atoms with Crippen LogP contribution in [-0.4, -0.2) is 62.0 Å². The highest BCUT2D eigenvalue weighted by atomic mass is 16.3. The smallest absolute Gasteiger partial charge is 0.287 e. The molecule has 1 atom stereocenters. The van der Waals surface area contributed by atoms with Gasteiger partial charge in [0.15, 0.2) is 5.76 Å². The highest BCUT2D eigenvalue weighted by Crippen LogP contribution is 2.00. The second kappa shape index (κ2) is 7.80. The maximum absolute atomic E-state index is 11.9. The SMILES string of the molecule is CC(NC(=O)c1ccco1)C(=O)NCCN1CCNCC1. The maximum Gasteiger partial charge on any atom is 0.287 e. The first-order valence-corrected chi connectivity index (χ1v) is 7.22. The van der Waals surface area contributed by atoms with Gasteiger partial charge in [-0.15, -0.1) is 0 Å². The standard InChI is InChI=1S/C14H22N4O3/c1-11(17-14(20)12-3-2-10-21-12)13(19)16-6-9-18-7-4-15-5-8-18/h2-3,10-11,15H,4-9H2,1H3,(H,16,19)(H,17,20). The fraction of sp³-hybridized carbons (Fsp3) is 0.571. The number of piperazine rings is 1. The van der Waals surface area contributed by atoms with Crippen LogP contribution >= 0.6 is 0 Å². The molecule has 2 heterocycles. The second-order valence-electron chi connectivity index (χ2n) is 5.06. The van der Waals surface area contributed by atoms with Crippen LogP contribution in [-0.2, 0) is 4.79 Å². The molecule has 1 aliphatic heterocycles. The zero-order valence-electron chi connectivity index (χ0n) is 12.2. The number of furan rings is 1. The zero-order chi connectivity index (χ0) is 15.1. The molecule has 3 N–H and O–H groups in total. The zero-order valence-corrected chi connectivity index (χ0v) is 12.2. The van der Waals surface area contributed by atoms with Crippen LogP contribution in [0.5, 0.6) is 0 Å². The van der Waals surface area contributed by atoms with Gasteiger partial charge >= 0.3 is 0 Å². The lowest BCUT2D eigenvalue weighted by molar-refractivity contribution is -0.122. The van der Waals surface area contributed by atoms with E-state index >= 15 is 0 Å². The first kappa shape index (κ1) is 15.5. The normalized spacial score (nSPS) is 17.2. The molecule has 0 aromatic carbocycles. The van der Waals surface area contributed by atoms with E-state index in [1.54, 1.807) is 19.1 Å². The van der Waals surface area contributed by atoms with Crippen molar-refractivity contribution in [2.24, 2.45) is 0 Å². The molecule has 21 heavy (non-hydrogen) atoms. The first-order chi connectivity index (χ1) is 10.2. The number of carbonyl (C=O) groups is 2. The van der Waals surface area contributed by atoms with Gasteiger partial charge in [0.2, 0.25) is 5.91 Å². The van der Waals surface area contributed by atoms with E-state index in [-0.39, 0.29) is 17.6 Å². The molecule has 0 aliphatic carbocycles. The Morgan fingerprint density at radius 1 is 1.43 bits per heavy atom. The predicted molar refractivity (Wildman–Crippen MR) is 78.0 cm³/mol. The van der Waals surface area contributed by atoms with E-state index in [0.717, 1.165) is 32.7 Å². The molecule has 7 heteroatoms. The van der Waals surface area contributed by atoms with Gasteiger partial charge in [-0.1, -0.05) is 0 Å². The van der Waals surface area contributed by atoms with Gasteiger partial charge in [0.1, 0.15) is 6.04 Å². The van der Waals surface area contributed by atoms with E-state index in [9.17, 15) is 9.59 Å². The summed E-state index contributed by atoms with van der Waals surface area (Å²) in [6.45, 7) is 7.04. The third-order valence-electron chi connectivity index (χ3n) is 3.42. The van der Waals surface area contributed by atoms with Crippen LogP contribution in [0.3, 0.4) is 0 Å². The Labute approximate surface area is 124 Å². The van der Waals surface area contributed by atoms with Gasteiger partial charge in [-0.05, 0) is 19.1 Å². The quantitative estimate of drug-likeness (QED) is 0.653. The van der Waals surface area contributed by atoms with E-state index in [1.807, 2.05) is 0 Å². The lowest BCUT2D eigenvalue weighted by atomic mass is 10.3. The van der Waals surface area contributed by atoms with Crippen LogP contribution in [0.4, 0.5) is 0 Å². The van der Waals surface area contributed by atoms with Crippen LogP contribution in [0, 0.1) is 0 Å². The van der Waals surface area contributed by atoms with E-state index in [2.05, 4.69) is 20.9 Å². The average molecular weight is 294 g/mol. The molecule has 0 bridgehead atoms. The van der Waals surface area contributed by atoms with Crippen molar-refractivity contribution in [1.82, 2.24) is 20.9 Å². The van der Waals surface area contributed by atoms with Gasteiger partial charge in [-0.2, -0.15) is 0 Å². The third kappa shape index (κ3) is 4.87. The largest absolute Gasteiger partial charge is 0.459 e. The monoisotopic (exact) mass is 294 g/mol. The number of nitrogens with zero attached hydrogens (tertiary/aromatic N) is 1. The van der Waals surface area contributed by atoms with Crippen LogP contribution in [0.15, 0.2) is 22.8 Å². The van der Waals surface area contributed by atoms with Crippen molar-refractivity contribution in [1.29, 1.82) is 0 Å². The second-order valence-corrected chi connectivity index (χ2v) is 5.06. The van der Waals surface area contributed by atoms with Crippen molar-refractivity contribution >= 4 is 11.8 Å². The van der Waals surface area contributed by atoms with Gasteiger partial charge in [-0.25, -0.2) is 0 Å². The molecular weight excluding hydrogens is 272 g/mol. The van der Waals surface area contributed by atoms with Gasteiger partial charge in [0.25, 0.3) is 5.91 Å². The molecule has 0 spiro atoms. The Kier molecular flexibility index (Phi) is 5.77. The van der Waals surface area contributed by atoms with Gasteiger partial charge < -0.3 is 20.4 Å². The summed E-state index contributed by atoms with van der Waals surface area (Å²) in [6, 6.07) is 2.60. The molecule has 1 unspecified atom stereocenters. The Morgan fingerprint density at radius 2 is 2.19 bits per heavy atom. The van der Waals surface area contributed by atoms with E-state index in [4.69, 9.17) is 4.42 Å². The molecule has 2 amide bonds. The van der Waals surface area contributed by atoms with Crippen molar-refractivity contribution in [3.8, 4) is 0 Å². The Morgan fingerprint density at radius 3 is 2.86 bits per heavy atom. The number of hydrogen-bond acceptors (Lipinski definition) is 5. The van der Waals surface area contributed by atoms with Gasteiger partial charge in [0, 0.05) is 39.3 Å². The molecule has 1 fully saturated rings. The molecule has 1 aliphatic rings. The van der Waals surface area contributed by atoms with Gasteiger partial charge in [0.05, 0.1) is 6.26 Å². The number of rotatable bonds is 6. The summed E-state index contributed by atoms with van der Waals surface area (Å²) in [5.74, 6) is -0.370. The Hall–Kier alpha value is -1.86. The summed E-state index contributed by atoms with van der Waals surface area (Å²) < 4.78 is 4.98. The molecule has 2 rings (SSSR count). The van der Waals surface area contributed by atoms with Crippen molar-refractivity contribution in [3.05, 3.63) is 24.2 Å². The van der Waals surface area contributed by atoms with E-state index < -0.39 is 6.04 Å². The lowest BCUT2D eigenvalue weighted by Crippen LogP contribution is -2.49. The van der Waals surface area contributed by atoms with E-state index in [0.29, 0.717) is 6.54 Å². The average Bonchev–Trinajstić information content (AvgIpc) is 3.02. The van der Waals surface area contributed by atoms with Crippen LogP contribution in [0.25, 0.3) is 0 Å². The summed E-state index contributed by atoms with van der Waals surface area (Å²) in [5.41, 5.74) is 0. The number of nitrogens with one attached hydrogen (secondary N) is 3. The molecule has 1 aromatic heterocycles. The Balaban J connectivity index is 1.66. The molecule has 0 saturated carbocycles. The summed E-state index contributed by atoms with van der Waals surface area (Å²) in [5, 5.41) is 8.72. The predicted octanol–water partition coefficient (Wildman–Crippen LogP) is -0.581. The van der Waals surface area contributed by atoms with Crippen molar-refractivity contribution < 1.29 is 14.0 Å². The highest BCUT2D eigenvalue weighted by molar-refractivity contribution is 5.95. The van der Waals surface area contributed by atoms with Crippen molar-refractivity contribution in [2.75, 3.05) is 39.3 Å². The fourth-order valence-electron chi connectivity index (χ4n) is 2.17. The summed E-state index contributed by atoms with van der Waals surface area (Å²) >= 11 is 0. The molecule has 1 saturated heterocycles. The summed E-state index contributed by atoms with van der Waals surface area (Å²) in [6.07, 6.45) is 1.42. The van der Waals surface area contributed by atoms with E-state index in [1.165, 1.54) is 6.26 Å². The topological polar surface area (TPSA) is 86.6 Å². The van der Waals surface area contributed by atoms with Crippen LogP contribution < -0.4 is 16.0 Å². The lowest BCUT2D eigenvalue weighted by Gasteiger charge is -2.27. The number of amides is 2. The minimum Gasteiger partial charge on any atom is -0.459 e. The molecular formula is C14H22N4O3. The summed E-state index contributed by atoms with van der Waals surface area (Å²) in [4.78, 5) is 25.9. The fourth-order valence-corrected chi connectivity index (χ4v) is 2.17. The van der Waals surface area contributed by atoms with Crippen molar-refractivity contribution in [2.45, 2.75) is 13.0 Å². The molecule has 116 valence electrons. The molecule has 0 radical (unpaired) electrons. The Bertz CT molecular complexity index is 455. The van der Waals surface area contributed by atoms with Crippen LogP contribution in [0.2, 0.25) is 0 Å². The first-order valence-electron chi connectivity index (χ1n) is 7.22.